The summed E-state index contributed by atoms with van der Waals surface area (Å²) in [7, 11) is 0. The van der Waals surface area contributed by atoms with Crippen molar-refractivity contribution < 1.29 is 9.84 Å². The van der Waals surface area contributed by atoms with E-state index in [1.165, 1.54) is 11.1 Å². The van der Waals surface area contributed by atoms with Gasteiger partial charge in [0.1, 0.15) is 5.75 Å². The minimum absolute atomic E-state index is 0.285. The van der Waals surface area contributed by atoms with Gasteiger partial charge in [0, 0.05) is 11.9 Å². The molecule has 0 saturated heterocycles. The van der Waals surface area contributed by atoms with E-state index >= 15 is 0 Å². The van der Waals surface area contributed by atoms with Crippen LogP contribution < -0.4 is 4.74 Å². The summed E-state index contributed by atoms with van der Waals surface area (Å²) < 4.78 is 5.80. The average molecular weight is 268 g/mol. The van der Waals surface area contributed by atoms with E-state index in [9.17, 15) is 0 Å². The molecule has 0 aromatic heterocycles. The molecule has 0 bridgehead atoms. The third-order valence-corrected chi connectivity index (χ3v) is 4.16. The van der Waals surface area contributed by atoms with E-state index in [1.807, 2.05) is 11.8 Å². The Kier molecular flexibility index (Phi) is 7.21. The van der Waals surface area contributed by atoms with Gasteiger partial charge in [-0.3, -0.25) is 0 Å². The zero-order valence-corrected chi connectivity index (χ0v) is 12.4. The highest BCUT2D eigenvalue weighted by Crippen LogP contribution is 2.20. The molecule has 0 saturated carbocycles. The van der Waals surface area contributed by atoms with Gasteiger partial charge in [0.05, 0.1) is 6.61 Å². The molecule has 3 heteroatoms. The smallest absolute Gasteiger partial charge is 0.122 e. The van der Waals surface area contributed by atoms with Crippen LogP contribution in [0.5, 0.6) is 5.75 Å². The lowest BCUT2D eigenvalue weighted by Crippen LogP contribution is -2.04. The van der Waals surface area contributed by atoms with Crippen molar-refractivity contribution in [3.05, 3.63) is 29.3 Å². The molecule has 102 valence electrons. The summed E-state index contributed by atoms with van der Waals surface area (Å²) in [4.78, 5) is 0. The van der Waals surface area contributed by atoms with E-state index in [0.29, 0.717) is 5.25 Å². The Morgan fingerprint density at radius 2 is 2.11 bits per heavy atom. The third-order valence-electron chi connectivity index (χ3n) is 2.83. The Balaban J connectivity index is 2.19. The van der Waals surface area contributed by atoms with Crippen LogP contribution in [0.4, 0.5) is 0 Å². The summed E-state index contributed by atoms with van der Waals surface area (Å²) in [5.41, 5.74) is 2.43. The second kappa shape index (κ2) is 8.44. The van der Waals surface area contributed by atoms with Gasteiger partial charge in [-0.05, 0) is 49.6 Å². The fourth-order valence-electron chi connectivity index (χ4n) is 1.65. The number of aliphatic hydroxyl groups excluding tert-OH is 1. The third kappa shape index (κ3) is 5.78. The first-order chi connectivity index (χ1) is 8.63. The second-order valence-corrected chi connectivity index (χ2v) is 6.21. The molecule has 1 aromatic carbocycles. The molecule has 0 aliphatic carbocycles. The molecule has 1 unspecified atom stereocenters. The predicted octanol–water partition coefficient (Wildman–Crippen LogP) is 3.58. The van der Waals surface area contributed by atoms with Gasteiger partial charge < -0.3 is 9.84 Å². The van der Waals surface area contributed by atoms with Crippen LogP contribution >= 0.6 is 11.8 Å². The first-order valence-corrected chi connectivity index (χ1v) is 7.61. The number of ether oxygens (including phenoxy) is 1. The first kappa shape index (κ1) is 15.4. The second-order valence-electron chi connectivity index (χ2n) is 4.66. The molecule has 0 radical (unpaired) electrons. The van der Waals surface area contributed by atoms with Crippen LogP contribution in [-0.2, 0) is 0 Å². The number of hydrogen-bond acceptors (Lipinski definition) is 3. The summed E-state index contributed by atoms with van der Waals surface area (Å²) >= 11 is 1.90. The molecular formula is C15H24O2S. The summed E-state index contributed by atoms with van der Waals surface area (Å²) in [6, 6.07) is 6.30. The van der Waals surface area contributed by atoms with Crippen molar-refractivity contribution in [1.82, 2.24) is 0 Å². The van der Waals surface area contributed by atoms with E-state index in [1.54, 1.807) is 0 Å². The van der Waals surface area contributed by atoms with Crippen molar-refractivity contribution >= 4 is 11.8 Å². The maximum Gasteiger partial charge on any atom is 0.122 e. The molecule has 0 aliphatic heterocycles. The van der Waals surface area contributed by atoms with Crippen molar-refractivity contribution in [3.8, 4) is 5.75 Å². The van der Waals surface area contributed by atoms with Crippen LogP contribution in [0.3, 0.4) is 0 Å². The lowest BCUT2D eigenvalue weighted by atomic mass is 10.1. The molecule has 0 heterocycles. The lowest BCUT2D eigenvalue weighted by molar-refractivity contribution is 0.288. The summed E-state index contributed by atoms with van der Waals surface area (Å²) in [5.74, 6) is 2.09. The number of rotatable bonds is 8. The Morgan fingerprint density at radius 1 is 1.33 bits per heavy atom. The maximum atomic E-state index is 8.81. The molecule has 1 aromatic rings. The number of benzene rings is 1. The molecule has 1 rings (SSSR count). The molecule has 0 spiro atoms. The van der Waals surface area contributed by atoms with Crippen molar-refractivity contribution in [1.29, 1.82) is 0 Å². The lowest BCUT2D eigenvalue weighted by Gasteiger charge is -2.11. The average Bonchev–Trinajstić information content (AvgIpc) is 2.33. The van der Waals surface area contributed by atoms with Gasteiger partial charge >= 0.3 is 0 Å². The van der Waals surface area contributed by atoms with Crippen LogP contribution in [-0.4, -0.2) is 29.3 Å². The van der Waals surface area contributed by atoms with E-state index < -0.39 is 0 Å². The predicted molar refractivity (Wildman–Crippen MR) is 79.7 cm³/mol. The van der Waals surface area contributed by atoms with E-state index in [4.69, 9.17) is 9.84 Å². The molecule has 1 atom stereocenters. The maximum absolute atomic E-state index is 8.81. The van der Waals surface area contributed by atoms with Crippen molar-refractivity contribution in [2.75, 3.05) is 19.0 Å². The largest absolute Gasteiger partial charge is 0.493 e. The number of thioether (sulfide) groups is 1. The molecule has 0 aliphatic rings. The fourth-order valence-corrected chi connectivity index (χ4v) is 2.61. The Bertz CT molecular complexity index is 352. The minimum Gasteiger partial charge on any atom is -0.493 e. The fraction of sp³-hybridized carbons (Fsp3) is 0.600. The zero-order chi connectivity index (χ0) is 13.4. The number of aryl methyl sites for hydroxylation is 2. The quantitative estimate of drug-likeness (QED) is 0.731. The molecule has 2 nitrogen and oxygen atoms in total. The van der Waals surface area contributed by atoms with Gasteiger partial charge in [-0.25, -0.2) is 0 Å². The van der Waals surface area contributed by atoms with Gasteiger partial charge in [0.2, 0.25) is 0 Å². The standard InChI is InChI=1S/C15H24O2S/c1-12-5-6-13(2)15(11-12)17-9-4-10-18-14(3)7-8-16/h5-6,11,14,16H,4,7-10H2,1-3H3. The van der Waals surface area contributed by atoms with Crippen LogP contribution in [0.1, 0.15) is 30.9 Å². The van der Waals surface area contributed by atoms with Crippen molar-refractivity contribution in [2.45, 2.75) is 38.9 Å². The highest BCUT2D eigenvalue weighted by molar-refractivity contribution is 7.99. The van der Waals surface area contributed by atoms with Crippen LogP contribution in [0, 0.1) is 13.8 Å². The van der Waals surface area contributed by atoms with Gasteiger partial charge in [-0.1, -0.05) is 19.1 Å². The van der Waals surface area contributed by atoms with E-state index in [-0.39, 0.29) is 6.61 Å². The molecule has 1 N–H and O–H groups in total. The molecule has 0 amide bonds. The SMILES string of the molecule is Cc1ccc(C)c(OCCCSC(C)CCO)c1. The zero-order valence-electron chi connectivity index (χ0n) is 11.6. The number of hydrogen-bond donors (Lipinski definition) is 1. The van der Waals surface area contributed by atoms with Gasteiger partial charge in [0.25, 0.3) is 0 Å². The summed E-state index contributed by atoms with van der Waals surface area (Å²) in [6.07, 6.45) is 1.93. The van der Waals surface area contributed by atoms with Crippen LogP contribution in [0.15, 0.2) is 18.2 Å². The normalized spacial score (nSPS) is 12.4. The monoisotopic (exact) mass is 268 g/mol. The van der Waals surface area contributed by atoms with Gasteiger partial charge in [-0.15, -0.1) is 0 Å². The highest BCUT2D eigenvalue weighted by Gasteiger charge is 2.02. The topological polar surface area (TPSA) is 29.5 Å². The molecule has 18 heavy (non-hydrogen) atoms. The number of aliphatic hydroxyl groups is 1. The Morgan fingerprint density at radius 3 is 2.83 bits per heavy atom. The van der Waals surface area contributed by atoms with Crippen LogP contribution in [0.25, 0.3) is 0 Å². The highest BCUT2D eigenvalue weighted by atomic mass is 32.2. The molecular weight excluding hydrogens is 244 g/mol. The summed E-state index contributed by atoms with van der Waals surface area (Å²) in [5, 5.41) is 9.34. The molecule has 0 fully saturated rings. The minimum atomic E-state index is 0.285. The van der Waals surface area contributed by atoms with Crippen molar-refractivity contribution in [3.63, 3.8) is 0 Å². The Labute approximate surface area is 115 Å². The Hall–Kier alpha value is -0.670. The van der Waals surface area contributed by atoms with E-state index in [2.05, 4.69) is 39.0 Å². The van der Waals surface area contributed by atoms with Crippen molar-refractivity contribution in [2.24, 2.45) is 0 Å². The van der Waals surface area contributed by atoms with Gasteiger partial charge in [0.15, 0.2) is 0 Å². The van der Waals surface area contributed by atoms with Gasteiger partial charge in [-0.2, -0.15) is 11.8 Å². The first-order valence-electron chi connectivity index (χ1n) is 6.56. The summed E-state index contributed by atoms with van der Waals surface area (Å²) in [6.45, 7) is 7.37. The van der Waals surface area contributed by atoms with Crippen LogP contribution in [0.2, 0.25) is 0 Å². The van der Waals surface area contributed by atoms with E-state index in [0.717, 1.165) is 31.0 Å².